The Hall–Kier alpha value is -3.07. The van der Waals surface area contributed by atoms with Gasteiger partial charge in [-0.3, -0.25) is 9.59 Å². The fourth-order valence-electron chi connectivity index (χ4n) is 6.82. The third-order valence-corrected chi connectivity index (χ3v) is 9.18. The van der Waals surface area contributed by atoms with Gasteiger partial charge in [0.25, 0.3) is 0 Å². The summed E-state index contributed by atoms with van der Waals surface area (Å²) in [5.41, 5.74) is 0.504. The number of para-hydroxylation sites is 1. The average Bonchev–Trinajstić information content (AvgIpc) is 2.93. The Morgan fingerprint density at radius 2 is 1.75 bits per heavy atom. The molecule has 3 aliphatic rings. The second-order valence-electron chi connectivity index (χ2n) is 11.6. The van der Waals surface area contributed by atoms with Crippen LogP contribution in [0, 0.1) is 5.41 Å². The molecule has 5 rings (SSSR count). The number of nitrogens with one attached hydrogen (secondary N) is 1. The maximum absolute atomic E-state index is 14.1. The number of hydrogen-bond acceptors (Lipinski definition) is 4. The lowest BCUT2D eigenvalue weighted by Gasteiger charge is -2.49. The van der Waals surface area contributed by atoms with Gasteiger partial charge in [-0.2, -0.15) is 13.2 Å². The van der Waals surface area contributed by atoms with Crippen molar-refractivity contribution in [3.63, 3.8) is 0 Å². The van der Waals surface area contributed by atoms with E-state index in [9.17, 15) is 22.8 Å². The van der Waals surface area contributed by atoms with Crippen LogP contribution in [0.1, 0.15) is 61.5 Å². The van der Waals surface area contributed by atoms with Crippen molar-refractivity contribution in [1.29, 1.82) is 0 Å². The van der Waals surface area contributed by atoms with E-state index in [4.69, 9.17) is 4.74 Å². The molecule has 1 spiro atoms. The molecule has 3 unspecified atom stereocenters. The SMILES string of the molecule is CN1CCCCC1COc1ccccc1C1CNC(=O)CC12CCN(C(=O)C(c1ccccc1)C(F)(F)F)CC2. The summed E-state index contributed by atoms with van der Waals surface area (Å²) in [5, 5.41) is 3.00. The van der Waals surface area contributed by atoms with Crippen LogP contribution in [0.4, 0.5) is 13.2 Å². The standard InChI is InChI=1S/C31H38F3N3O3/c1-36-16-8-7-11-23(36)21-40-26-13-6-5-12-24(26)25-20-35-27(38)19-30(25)14-17-37(18-15-30)29(39)28(31(32,33)34)22-9-3-2-4-10-22/h2-6,9-10,12-13,23,25,28H,7-8,11,14-21H2,1H3,(H,35,38). The highest BCUT2D eigenvalue weighted by Crippen LogP contribution is 2.51. The highest BCUT2D eigenvalue weighted by atomic mass is 19.4. The number of piperidine rings is 3. The van der Waals surface area contributed by atoms with Crippen LogP contribution in [-0.4, -0.2) is 73.7 Å². The summed E-state index contributed by atoms with van der Waals surface area (Å²) in [5.74, 6) is -2.45. The second-order valence-corrected chi connectivity index (χ2v) is 11.6. The molecule has 3 atom stereocenters. The number of nitrogens with zero attached hydrogens (tertiary/aromatic N) is 2. The lowest BCUT2D eigenvalue weighted by molar-refractivity contribution is -0.173. The number of likely N-dealkylation sites (N-methyl/N-ethyl adjacent to an activating group) is 1. The highest BCUT2D eigenvalue weighted by Gasteiger charge is 2.51. The zero-order chi connectivity index (χ0) is 28.3. The van der Waals surface area contributed by atoms with Crippen molar-refractivity contribution in [1.82, 2.24) is 15.1 Å². The lowest BCUT2D eigenvalue weighted by Crippen LogP contribution is -2.54. The molecule has 0 radical (unpaired) electrons. The van der Waals surface area contributed by atoms with Gasteiger partial charge in [0, 0.05) is 38.0 Å². The first-order valence-electron chi connectivity index (χ1n) is 14.3. The largest absolute Gasteiger partial charge is 0.492 e. The molecule has 2 amide bonds. The minimum Gasteiger partial charge on any atom is -0.492 e. The van der Waals surface area contributed by atoms with Gasteiger partial charge < -0.3 is 19.9 Å². The number of carbonyl (C=O) groups is 2. The van der Waals surface area contributed by atoms with Crippen molar-refractivity contribution in [2.24, 2.45) is 5.41 Å². The summed E-state index contributed by atoms with van der Waals surface area (Å²) in [4.78, 5) is 29.6. The van der Waals surface area contributed by atoms with E-state index in [0.29, 0.717) is 32.0 Å². The molecule has 216 valence electrons. The molecule has 3 saturated heterocycles. The van der Waals surface area contributed by atoms with Gasteiger partial charge in [0.05, 0.1) is 0 Å². The number of benzene rings is 2. The third kappa shape index (κ3) is 5.99. The molecular formula is C31H38F3N3O3. The third-order valence-electron chi connectivity index (χ3n) is 9.18. The first-order chi connectivity index (χ1) is 19.2. The average molecular weight is 558 g/mol. The number of hydrogen-bond donors (Lipinski definition) is 1. The predicted molar refractivity (Wildman–Crippen MR) is 146 cm³/mol. The fourth-order valence-corrected chi connectivity index (χ4v) is 6.82. The van der Waals surface area contributed by atoms with Gasteiger partial charge >= 0.3 is 6.18 Å². The number of halogens is 3. The Balaban J connectivity index is 1.34. The first-order valence-corrected chi connectivity index (χ1v) is 14.3. The van der Waals surface area contributed by atoms with Crippen LogP contribution in [0.15, 0.2) is 54.6 Å². The van der Waals surface area contributed by atoms with Crippen LogP contribution >= 0.6 is 0 Å². The molecule has 3 fully saturated rings. The van der Waals surface area contributed by atoms with Crippen molar-refractivity contribution in [3.05, 3.63) is 65.7 Å². The zero-order valence-electron chi connectivity index (χ0n) is 23.0. The Kier molecular flexibility index (Phi) is 8.40. The topological polar surface area (TPSA) is 61.9 Å². The quantitative estimate of drug-likeness (QED) is 0.537. The molecular weight excluding hydrogens is 519 g/mol. The number of rotatable bonds is 6. The van der Waals surface area contributed by atoms with Crippen LogP contribution < -0.4 is 10.1 Å². The van der Waals surface area contributed by atoms with E-state index in [-0.39, 0.29) is 36.9 Å². The number of carbonyl (C=O) groups excluding carboxylic acids is 2. The highest BCUT2D eigenvalue weighted by molar-refractivity contribution is 5.85. The van der Waals surface area contributed by atoms with Gasteiger partial charge in [0.2, 0.25) is 11.8 Å². The summed E-state index contributed by atoms with van der Waals surface area (Å²) in [6.07, 6.45) is -0.0289. The first kappa shape index (κ1) is 28.5. The van der Waals surface area contributed by atoms with Crippen LogP contribution in [0.2, 0.25) is 0 Å². The van der Waals surface area contributed by atoms with Gasteiger partial charge in [-0.1, -0.05) is 55.0 Å². The fraction of sp³-hybridized carbons (Fsp3) is 0.548. The molecule has 9 heteroatoms. The van der Waals surface area contributed by atoms with E-state index in [2.05, 4.69) is 17.3 Å². The van der Waals surface area contributed by atoms with Crippen molar-refractivity contribution >= 4 is 11.8 Å². The van der Waals surface area contributed by atoms with E-state index in [0.717, 1.165) is 24.3 Å². The summed E-state index contributed by atoms with van der Waals surface area (Å²) in [6, 6.07) is 15.6. The minimum atomic E-state index is -4.69. The second kappa shape index (κ2) is 11.8. The molecule has 6 nitrogen and oxygen atoms in total. The Morgan fingerprint density at radius 1 is 1.05 bits per heavy atom. The Bertz CT molecular complexity index is 1180. The van der Waals surface area contributed by atoms with E-state index >= 15 is 0 Å². The van der Waals surface area contributed by atoms with Crippen molar-refractivity contribution in [3.8, 4) is 5.75 Å². The molecule has 1 N–H and O–H groups in total. The molecule has 3 aliphatic heterocycles. The maximum Gasteiger partial charge on any atom is 0.404 e. The van der Waals surface area contributed by atoms with E-state index in [1.54, 1.807) is 6.07 Å². The van der Waals surface area contributed by atoms with E-state index in [1.165, 1.54) is 42.0 Å². The van der Waals surface area contributed by atoms with Crippen LogP contribution in [-0.2, 0) is 9.59 Å². The Labute approximate surface area is 233 Å². The van der Waals surface area contributed by atoms with Gasteiger partial charge in [0.1, 0.15) is 12.4 Å². The smallest absolute Gasteiger partial charge is 0.404 e. The predicted octanol–water partition coefficient (Wildman–Crippen LogP) is 5.11. The van der Waals surface area contributed by atoms with E-state index < -0.39 is 23.4 Å². The summed E-state index contributed by atoms with van der Waals surface area (Å²) < 4.78 is 48.6. The number of ether oxygens (including phenoxy) is 1. The van der Waals surface area contributed by atoms with Crippen molar-refractivity contribution in [2.75, 3.05) is 39.8 Å². The molecule has 2 aromatic carbocycles. The van der Waals surface area contributed by atoms with Gasteiger partial charge in [-0.25, -0.2) is 0 Å². The van der Waals surface area contributed by atoms with E-state index in [1.807, 2.05) is 24.3 Å². The molecule has 3 heterocycles. The van der Waals surface area contributed by atoms with Crippen LogP contribution in [0.25, 0.3) is 0 Å². The number of alkyl halides is 3. The van der Waals surface area contributed by atoms with Gasteiger partial charge in [0.15, 0.2) is 5.92 Å². The van der Waals surface area contributed by atoms with Crippen molar-refractivity contribution in [2.45, 2.75) is 62.6 Å². The Morgan fingerprint density at radius 3 is 2.45 bits per heavy atom. The zero-order valence-corrected chi connectivity index (χ0v) is 23.0. The summed E-state index contributed by atoms with van der Waals surface area (Å²) in [6.45, 7) is 2.43. The van der Waals surface area contributed by atoms with Crippen LogP contribution in [0.3, 0.4) is 0 Å². The maximum atomic E-state index is 14.1. The molecule has 0 saturated carbocycles. The summed E-state index contributed by atoms with van der Waals surface area (Å²) >= 11 is 0. The number of amides is 2. The molecule has 2 aromatic rings. The molecule has 0 bridgehead atoms. The minimum absolute atomic E-state index is 0.0510. The molecule has 0 aliphatic carbocycles. The summed E-state index contributed by atoms with van der Waals surface area (Å²) in [7, 11) is 2.13. The van der Waals surface area contributed by atoms with Gasteiger partial charge in [-0.15, -0.1) is 0 Å². The van der Waals surface area contributed by atoms with Crippen LogP contribution in [0.5, 0.6) is 5.75 Å². The normalized spacial score (nSPS) is 24.4. The molecule has 40 heavy (non-hydrogen) atoms. The van der Waals surface area contributed by atoms with Gasteiger partial charge in [-0.05, 0) is 61.9 Å². The monoisotopic (exact) mass is 557 g/mol. The van der Waals surface area contributed by atoms with Crippen molar-refractivity contribution < 1.29 is 27.5 Å². The number of likely N-dealkylation sites (tertiary alicyclic amines) is 2. The lowest BCUT2D eigenvalue weighted by atomic mass is 9.62. The molecule has 0 aromatic heterocycles.